The Labute approximate surface area is 88.5 Å². The highest BCUT2D eigenvalue weighted by Gasteiger charge is 2.14. The second-order valence-electron chi connectivity index (χ2n) is 3.48. The Morgan fingerprint density at radius 3 is 2.93 bits per heavy atom. The van der Waals surface area contributed by atoms with Crippen LogP contribution in [0.25, 0.3) is 0 Å². The predicted octanol–water partition coefficient (Wildman–Crippen LogP) is 1.51. The van der Waals surface area contributed by atoms with E-state index < -0.39 is 0 Å². The van der Waals surface area contributed by atoms with Gasteiger partial charge in [0.1, 0.15) is 0 Å². The van der Waals surface area contributed by atoms with Crippen molar-refractivity contribution in [1.29, 1.82) is 0 Å². The maximum atomic E-state index is 5.84. The minimum Gasteiger partial charge on any atom is -0.397 e. The number of aromatic nitrogens is 1. The molecule has 0 atom stereocenters. The number of anilines is 1. The summed E-state index contributed by atoms with van der Waals surface area (Å²) in [5.74, 6) is 0. The second kappa shape index (κ2) is 4.66. The minimum absolute atomic E-state index is 0.709. The van der Waals surface area contributed by atoms with Crippen LogP contribution in [0.4, 0.5) is 5.69 Å². The van der Waals surface area contributed by atoms with Gasteiger partial charge in [-0.05, 0) is 32.0 Å². The van der Waals surface area contributed by atoms with E-state index in [1.807, 2.05) is 17.8 Å². The number of nitrogen functional groups attached to an aromatic ring is 1. The lowest BCUT2D eigenvalue weighted by atomic mass is 10.2. The van der Waals surface area contributed by atoms with Gasteiger partial charge in [-0.25, -0.2) is 0 Å². The molecule has 0 unspecified atom stereocenters. The van der Waals surface area contributed by atoms with Crippen LogP contribution in [-0.2, 0) is 0 Å². The highest BCUT2D eigenvalue weighted by Crippen LogP contribution is 2.31. The van der Waals surface area contributed by atoms with Crippen molar-refractivity contribution in [3.63, 3.8) is 0 Å². The van der Waals surface area contributed by atoms with Gasteiger partial charge in [0.05, 0.1) is 11.9 Å². The first-order valence-electron chi connectivity index (χ1n) is 4.93. The van der Waals surface area contributed by atoms with Crippen molar-refractivity contribution in [2.75, 3.05) is 18.8 Å². The maximum Gasteiger partial charge on any atom is 0.0638 e. The Morgan fingerprint density at radius 1 is 1.43 bits per heavy atom. The van der Waals surface area contributed by atoms with Crippen LogP contribution in [0.15, 0.2) is 23.4 Å². The first kappa shape index (κ1) is 9.80. The fourth-order valence-electron chi connectivity index (χ4n) is 1.59. The van der Waals surface area contributed by atoms with Gasteiger partial charge in [-0.2, -0.15) is 0 Å². The van der Waals surface area contributed by atoms with E-state index in [4.69, 9.17) is 5.73 Å². The van der Waals surface area contributed by atoms with Crippen molar-refractivity contribution in [3.05, 3.63) is 18.5 Å². The van der Waals surface area contributed by atoms with Crippen LogP contribution in [-0.4, -0.2) is 23.3 Å². The molecule has 3 N–H and O–H groups in total. The van der Waals surface area contributed by atoms with Crippen LogP contribution in [0, 0.1) is 0 Å². The Hall–Kier alpha value is -0.740. The molecule has 2 rings (SSSR count). The van der Waals surface area contributed by atoms with Gasteiger partial charge in [0.25, 0.3) is 0 Å². The van der Waals surface area contributed by atoms with Crippen molar-refractivity contribution in [2.45, 2.75) is 23.0 Å². The van der Waals surface area contributed by atoms with Crippen molar-refractivity contribution in [2.24, 2.45) is 0 Å². The molecule has 1 aromatic rings. The fourth-order valence-corrected chi connectivity index (χ4v) is 2.75. The molecule has 1 saturated heterocycles. The number of rotatable bonds is 2. The molecule has 1 fully saturated rings. The van der Waals surface area contributed by atoms with Crippen molar-refractivity contribution in [1.82, 2.24) is 10.3 Å². The molecule has 14 heavy (non-hydrogen) atoms. The zero-order chi connectivity index (χ0) is 9.80. The molecule has 1 aromatic heterocycles. The molecular formula is C10H15N3S. The quantitative estimate of drug-likeness (QED) is 0.775. The molecular weight excluding hydrogens is 194 g/mol. The summed E-state index contributed by atoms with van der Waals surface area (Å²) in [4.78, 5) is 5.16. The summed E-state index contributed by atoms with van der Waals surface area (Å²) in [6, 6.07) is 2.00. The molecule has 2 heterocycles. The van der Waals surface area contributed by atoms with E-state index in [1.54, 1.807) is 12.4 Å². The van der Waals surface area contributed by atoms with E-state index in [-0.39, 0.29) is 0 Å². The number of hydrogen-bond acceptors (Lipinski definition) is 4. The SMILES string of the molecule is Nc1cnccc1SC1CCNCC1. The topological polar surface area (TPSA) is 50.9 Å². The average Bonchev–Trinajstić information content (AvgIpc) is 2.23. The number of nitrogens with zero attached hydrogens (tertiary/aromatic N) is 1. The summed E-state index contributed by atoms with van der Waals surface area (Å²) in [5, 5.41) is 4.07. The zero-order valence-electron chi connectivity index (χ0n) is 8.07. The molecule has 0 aromatic carbocycles. The Kier molecular flexibility index (Phi) is 3.26. The monoisotopic (exact) mass is 209 g/mol. The van der Waals surface area contributed by atoms with Gasteiger partial charge in [-0.15, -0.1) is 11.8 Å². The molecule has 0 radical (unpaired) electrons. The van der Waals surface area contributed by atoms with Crippen LogP contribution < -0.4 is 11.1 Å². The van der Waals surface area contributed by atoms with Gasteiger partial charge in [-0.1, -0.05) is 0 Å². The van der Waals surface area contributed by atoms with E-state index in [0.29, 0.717) is 5.25 Å². The molecule has 0 saturated carbocycles. The number of nitrogens with one attached hydrogen (secondary N) is 1. The average molecular weight is 209 g/mol. The first-order chi connectivity index (χ1) is 6.86. The lowest BCUT2D eigenvalue weighted by Crippen LogP contribution is -2.29. The number of nitrogens with two attached hydrogens (primary N) is 1. The highest BCUT2D eigenvalue weighted by molar-refractivity contribution is 8.00. The Morgan fingerprint density at radius 2 is 2.21 bits per heavy atom. The van der Waals surface area contributed by atoms with E-state index in [0.717, 1.165) is 18.8 Å². The minimum atomic E-state index is 0.709. The summed E-state index contributed by atoms with van der Waals surface area (Å²) in [6.45, 7) is 2.26. The largest absolute Gasteiger partial charge is 0.397 e. The van der Waals surface area contributed by atoms with Crippen LogP contribution in [0.5, 0.6) is 0 Å². The van der Waals surface area contributed by atoms with Crippen molar-refractivity contribution in [3.8, 4) is 0 Å². The number of pyridine rings is 1. The third-order valence-electron chi connectivity index (χ3n) is 2.39. The molecule has 1 aliphatic rings. The first-order valence-corrected chi connectivity index (χ1v) is 5.81. The molecule has 0 bridgehead atoms. The van der Waals surface area contributed by atoms with Gasteiger partial charge >= 0.3 is 0 Å². The predicted molar refractivity (Wildman–Crippen MR) is 60.4 cm³/mol. The molecule has 76 valence electrons. The molecule has 4 heteroatoms. The van der Waals surface area contributed by atoms with Gasteiger partial charge in [0, 0.05) is 16.3 Å². The van der Waals surface area contributed by atoms with Crippen LogP contribution in [0.3, 0.4) is 0 Å². The highest BCUT2D eigenvalue weighted by atomic mass is 32.2. The standard InChI is InChI=1S/C10H15N3S/c11-9-7-13-6-3-10(9)14-8-1-4-12-5-2-8/h3,6-8,12H,1-2,4-5,11H2. The van der Waals surface area contributed by atoms with E-state index in [2.05, 4.69) is 10.3 Å². The number of thioether (sulfide) groups is 1. The molecule has 0 spiro atoms. The summed E-state index contributed by atoms with van der Waals surface area (Å²) in [5.41, 5.74) is 6.64. The normalized spacial score (nSPS) is 18.3. The molecule has 0 amide bonds. The lowest BCUT2D eigenvalue weighted by Gasteiger charge is -2.22. The van der Waals surface area contributed by atoms with Crippen molar-refractivity contribution >= 4 is 17.4 Å². The van der Waals surface area contributed by atoms with E-state index in [9.17, 15) is 0 Å². The van der Waals surface area contributed by atoms with Gasteiger partial charge < -0.3 is 11.1 Å². The third kappa shape index (κ3) is 2.39. The Balaban J connectivity index is 1.99. The van der Waals surface area contributed by atoms with Gasteiger partial charge in [0.2, 0.25) is 0 Å². The molecule has 3 nitrogen and oxygen atoms in total. The summed E-state index contributed by atoms with van der Waals surface area (Å²) >= 11 is 1.89. The van der Waals surface area contributed by atoms with E-state index in [1.165, 1.54) is 17.7 Å². The van der Waals surface area contributed by atoms with E-state index >= 15 is 0 Å². The Bertz CT molecular complexity index is 297. The fraction of sp³-hybridized carbons (Fsp3) is 0.500. The summed E-state index contributed by atoms with van der Waals surface area (Å²) < 4.78 is 0. The number of piperidine rings is 1. The van der Waals surface area contributed by atoms with Crippen LogP contribution in [0.1, 0.15) is 12.8 Å². The van der Waals surface area contributed by atoms with Gasteiger partial charge in [-0.3, -0.25) is 4.98 Å². The maximum absolute atomic E-state index is 5.84. The second-order valence-corrected chi connectivity index (χ2v) is 4.82. The zero-order valence-corrected chi connectivity index (χ0v) is 8.89. The molecule has 0 aliphatic carbocycles. The lowest BCUT2D eigenvalue weighted by molar-refractivity contribution is 0.531. The van der Waals surface area contributed by atoms with Crippen LogP contribution in [0.2, 0.25) is 0 Å². The smallest absolute Gasteiger partial charge is 0.0638 e. The van der Waals surface area contributed by atoms with Crippen molar-refractivity contribution < 1.29 is 0 Å². The van der Waals surface area contributed by atoms with Crippen LogP contribution >= 0.6 is 11.8 Å². The van der Waals surface area contributed by atoms with Gasteiger partial charge in [0.15, 0.2) is 0 Å². The summed E-state index contributed by atoms with van der Waals surface area (Å²) in [7, 11) is 0. The third-order valence-corrected chi connectivity index (χ3v) is 3.82. The molecule has 1 aliphatic heterocycles. The number of hydrogen-bond donors (Lipinski definition) is 2. The summed E-state index contributed by atoms with van der Waals surface area (Å²) in [6.07, 6.45) is 5.99.